The van der Waals surface area contributed by atoms with Crippen molar-refractivity contribution in [2.24, 2.45) is 0 Å². The summed E-state index contributed by atoms with van der Waals surface area (Å²) in [5.41, 5.74) is 3.04. The summed E-state index contributed by atoms with van der Waals surface area (Å²) in [5.74, 6) is 0. The summed E-state index contributed by atoms with van der Waals surface area (Å²) in [6.07, 6.45) is 2.25. The van der Waals surface area contributed by atoms with Crippen molar-refractivity contribution < 1.29 is 4.92 Å². The van der Waals surface area contributed by atoms with Crippen molar-refractivity contribution in [3.05, 3.63) is 55.9 Å². The van der Waals surface area contributed by atoms with E-state index in [2.05, 4.69) is 27.6 Å². The molecule has 0 fully saturated rings. The lowest BCUT2D eigenvalue weighted by Gasteiger charge is -2.06. The number of nitro groups is 1. The van der Waals surface area contributed by atoms with Gasteiger partial charge < -0.3 is 4.98 Å². The fourth-order valence-electron chi connectivity index (χ4n) is 1.84. The summed E-state index contributed by atoms with van der Waals surface area (Å²) in [6.45, 7) is 1.62. The minimum absolute atomic E-state index is 0.251. The summed E-state index contributed by atoms with van der Waals surface area (Å²) in [5, 5.41) is 10.7. The van der Waals surface area contributed by atoms with Crippen LogP contribution in [0.1, 0.15) is 12.6 Å². The molecule has 0 spiro atoms. The van der Waals surface area contributed by atoms with Gasteiger partial charge in [-0.25, -0.2) is 0 Å². The van der Waals surface area contributed by atoms with E-state index in [1.165, 1.54) is 3.57 Å². The Hall–Kier alpha value is -1.37. The second-order valence-corrected chi connectivity index (χ2v) is 5.46. The van der Waals surface area contributed by atoms with Crippen molar-refractivity contribution in [1.82, 2.24) is 4.98 Å². The predicted molar refractivity (Wildman–Crippen MR) is 79.1 cm³/mol. The molecule has 1 aromatic heterocycles. The molecular weight excluding hydrogens is 343 g/mol. The van der Waals surface area contributed by atoms with Gasteiger partial charge in [0.25, 0.3) is 0 Å². The molecule has 0 radical (unpaired) electrons. The van der Waals surface area contributed by atoms with Crippen molar-refractivity contribution >= 4 is 22.6 Å². The van der Waals surface area contributed by atoms with Gasteiger partial charge in [0.2, 0.25) is 6.04 Å². The largest absolute Gasteiger partial charge is 0.364 e. The van der Waals surface area contributed by atoms with Gasteiger partial charge in [0.1, 0.15) is 0 Å². The number of H-pyrrole nitrogens is 1. The Kier molecular flexibility index (Phi) is 4.00. The molecule has 0 bridgehead atoms. The number of benzene rings is 1. The first-order chi connectivity index (χ1) is 8.58. The van der Waals surface area contributed by atoms with Crippen LogP contribution in [0, 0.1) is 13.7 Å². The second kappa shape index (κ2) is 5.51. The van der Waals surface area contributed by atoms with E-state index >= 15 is 0 Å². The molecule has 2 rings (SSSR count). The highest BCUT2D eigenvalue weighted by atomic mass is 127. The third-order valence-electron chi connectivity index (χ3n) is 2.85. The van der Waals surface area contributed by atoms with Crippen molar-refractivity contribution in [3.63, 3.8) is 0 Å². The molecule has 1 atom stereocenters. The maximum atomic E-state index is 10.7. The Balaban J connectivity index is 2.27. The zero-order chi connectivity index (χ0) is 13.1. The number of halogens is 1. The summed E-state index contributed by atoms with van der Waals surface area (Å²) < 4.78 is 1.17. The monoisotopic (exact) mass is 356 g/mol. The zero-order valence-corrected chi connectivity index (χ0v) is 12.0. The number of rotatable bonds is 4. The Bertz CT molecular complexity index is 548. The Morgan fingerprint density at radius 2 is 2.00 bits per heavy atom. The summed E-state index contributed by atoms with van der Waals surface area (Å²) in [6, 6.07) is 9.51. The van der Waals surface area contributed by atoms with E-state index < -0.39 is 6.04 Å². The van der Waals surface area contributed by atoms with Crippen LogP contribution < -0.4 is 0 Å². The van der Waals surface area contributed by atoms with Crippen molar-refractivity contribution in [3.8, 4) is 11.1 Å². The van der Waals surface area contributed by atoms with Crippen LogP contribution >= 0.6 is 22.6 Å². The summed E-state index contributed by atoms with van der Waals surface area (Å²) >= 11 is 2.25. The van der Waals surface area contributed by atoms with Gasteiger partial charge in [-0.15, -0.1) is 0 Å². The second-order valence-electron chi connectivity index (χ2n) is 4.22. The lowest BCUT2D eigenvalue weighted by molar-refractivity contribution is -0.517. The fourth-order valence-corrected chi connectivity index (χ4v) is 2.20. The van der Waals surface area contributed by atoms with Gasteiger partial charge in [0.15, 0.2) is 0 Å². The first kappa shape index (κ1) is 13.1. The molecule has 0 amide bonds. The average molecular weight is 356 g/mol. The molecule has 4 nitrogen and oxygen atoms in total. The number of nitrogens with zero attached hydrogens (tertiary/aromatic N) is 1. The van der Waals surface area contributed by atoms with Crippen LogP contribution in [0.2, 0.25) is 0 Å². The van der Waals surface area contributed by atoms with Crippen molar-refractivity contribution in [2.45, 2.75) is 19.4 Å². The third-order valence-corrected chi connectivity index (χ3v) is 3.57. The topological polar surface area (TPSA) is 58.9 Å². The molecule has 0 saturated heterocycles. The van der Waals surface area contributed by atoms with Crippen LogP contribution in [0.3, 0.4) is 0 Å². The zero-order valence-electron chi connectivity index (χ0n) is 9.89. The fraction of sp³-hybridized carbons (Fsp3) is 0.231. The Morgan fingerprint density at radius 1 is 1.33 bits per heavy atom. The van der Waals surface area contributed by atoms with Crippen molar-refractivity contribution in [1.29, 1.82) is 0 Å². The van der Waals surface area contributed by atoms with E-state index in [4.69, 9.17) is 0 Å². The molecule has 18 heavy (non-hydrogen) atoms. The number of hydrogen-bond donors (Lipinski definition) is 1. The first-order valence-electron chi connectivity index (χ1n) is 5.63. The summed E-state index contributed by atoms with van der Waals surface area (Å²) in [4.78, 5) is 13.6. The smallest absolute Gasteiger partial charge is 0.215 e. The SMILES string of the molecule is CC(Cc1[nH]ccc1-c1ccc(I)cc1)[N+](=O)[O-]. The van der Waals surface area contributed by atoms with Gasteiger partial charge in [-0.1, -0.05) is 12.1 Å². The van der Waals surface area contributed by atoms with E-state index in [0.717, 1.165) is 16.8 Å². The lowest BCUT2D eigenvalue weighted by Crippen LogP contribution is -2.18. The van der Waals surface area contributed by atoms with Gasteiger partial charge in [-0.2, -0.15) is 0 Å². The lowest BCUT2D eigenvalue weighted by atomic mass is 10.0. The van der Waals surface area contributed by atoms with Crippen molar-refractivity contribution in [2.75, 3.05) is 0 Å². The molecule has 0 aliphatic heterocycles. The van der Waals surface area contributed by atoms with E-state index in [9.17, 15) is 10.1 Å². The molecule has 2 aromatic rings. The Labute approximate surface area is 119 Å². The molecule has 0 aliphatic carbocycles. The Morgan fingerprint density at radius 3 is 2.61 bits per heavy atom. The van der Waals surface area contributed by atoms with Gasteiger partial charge in [0, 0.05) is 32.9 Å². The van der Waals surface area contributed by atoms with Gasteiger partial charge in [-0.05, 0) is 46.4 Å². The molecule has 0 saturated carbocycles. The maximum absolute atomic E-state index is 10.7. The van der Waals surface area contributed by atoms with E-state index in [1.54, 1.807) is 6.92 Å². The highest BCUT2D eigenvalue weighted by molar-refractivity contribution is 14.1. The quantitative estimate of drug-likeness (QED) is 0.518. The van der Waals surface area contributed by atoms with Gasteiger partial charge in [0.05, 0.1) is 6.42 Å². The molecule has 94 valence electrons. The van der Waals surface area contributed by atoms with Crippen LogP contribution in [0.4, 0.5) is 0 Å². The standard InChI is InChI=1S/C13H13IN2O2/c1-9(16(17)18)8-13-12(6-7-15-13)10-2-4-11(14)5-3-10/h2-7,9,15H,8H2,1H3. The van der Waals surface area contributed by atoms with Gasteiger partial charge in [-0.3, -0.25) is 10.1 Å². The van der Waals surface area contributed by atoms with Crippen LogP contribution in [-0.2, 0) is 6.42 Å². The molecule has 5 heteroatoms. The molecular formula is C13H13IN2O2. The average Bonchev–Trinajstić information content (AvgIpc) is 2.78. The molecule has 1 unspecified atom stereocenters. The highest BCUT2D eigenvalue weighted by Gasteiger charge is 2.17. The van der Waals surface area contributed by atoms with Crippen LogP contribution in [0.5, 0.6) is 0 Å². The van der Waals surface area contributed by atoms with Crippen LogP contribution in [0.15, 0.2) is 36.5 Å². The molecule has 1 heterocycles. The number of aromatic amines is 1. The van der Waals surface area contributed by atoms with E-state index in [0.29, 0.717) is 6.42 Å². The van der Waals surface area contributed by atoms with E-state index in [-0.39, 0.29) is 4.92 Å². The summed E-state index contributed by atoms with van der Waals surface area (Å²) in [7, 11) is 0. The highest BCUT2D eigenvalue weighted by Crippen LogP contribution is 2.25. The number of nitrogens with one attached hydrogen (secondary N) is 1. The van der Waals surface area contributed by atoms with Gasteiger partial charge >= 0.3 is 0 Å². The first-order valence-corrected chi connectivity index (χ1v) is 6.71. The third kappa shape index (κ3) is 2.90. The predicted octanol–water partition coefficient (Wildman–Crippen LogP) is 3.49. The van der Waals surface area contributed by atoms with E-state index in [1.807, 2.05) is 36.5 Å². The minimum Gasteiger partial charge on any atom is -0.364 e. The molecule has 0 aliphatic rings. The van der Waals surface area contributed by atoms with Crippen LogP contribution in [0.25, 0.3) is 11.1 Å². The molecule has 1 aromatic carbocycles. The minimum atomic E-state index is -0.578. The van der Waals surface area contributed by atoms with Crippen LogP contribution in [-0.4, -0.2) is 15.9 Å². The number of hydrogen-bond acceptors (Lipinski definition) is 2. The molecule has 1 N–H and O–H groups in total. The number of aromatic nitrogens is 1. The normalized spacial score (nSPS) is 12.3. The maximum Gasteiger partial charge on any atom is 0.215 e.